The van der Waals surface area contributed by atoms with E-state index in [9.17, 15) is 34.2 Å². The number of esters is 1. The number of nitrogens with zero attached hydrogens (tertiary/aromatic N) is 1. The summed E-state index contributed by atoms with van der Waals surface area (Å²) in [6.45, 7) is 11.2. The number of amides is 1. The number of ether oxygens (including phenoxy) is 6. The summed E-state index contributed by atoms with van der Waals surface area (Å²) in [4.78, 5) is 71.7. The van der Waals surface area contributed by atoms with Crippen molar-refractivity contribution >= 4 is 29.2 Å². The molecule has 0 radical (unpaired) electrons. The van der Waals surface area contributed by atoms with Crippen LogP contribution in [0.4, 0.5) is 0 Å². The highest BCUT2D eigenvalue weighted by molar-refractivity contribution is 6.39. The average Bonchev–Trinajstić information content (AvgIpc) is 3.59. The Morgan fingerprint density at radius 3 is 2.33 bits per heavy atom. The molecule has 4 fully saturated rings. The van der Waals surface area contributed by atoms with E-state index in [2.05, 4.69) is 0 Å². The minimum absolute atomic E-state index is 0.0103. The van der Waals surface area contributed by atoms with Crippen molar-refractivity contribution in [3.8, 4) is 0 Å². The van der Waals surface area contributed by atoms with Crippen LogP contribution in [0, 0.1) is 29.6 Å². The number of aliphatic hydroxyl groups excluding tert-OH is 1. The van der Waals surface area contributed by atoms with Crippen LogP contribution in [-0.2, 0) is 52.4 Å². The lowest BCUT2D eigenvalue weighted by molar-refractivity contribution is -0.265. The Bertz CT molecular complexity index is 1770. The zero-order valence-corrected chi connectivity index (χ0v) is 39.6. The number of cyclic esters (lactones) is 1. The molecule has 1 saturated carbocycles. The van der Waals surface area contributed by atoms with E-state index in [0.29, 0.717) is 63.4 Å². The average molecular weight is 898 g/mol. The van der Waals surface area contributed by atoms with Gasteiger partial charge in [0.1, 0.15) is 36.2 Å². The molecule has 3 saturated heterocycles. The predicted octanol–water partition coefficient (Wildman–Crippen LogP) is 5.95. The van der Waals surface area contributed by atoms with Gasteiger partial charge >= 0.3 is 5.97 Å². The minimum Gasteiger partial charge on any atom is -0.460 e. The summed E-state index contributed by atoms with van der Waals surface area (Å²) in [6, 6.07) is -1.12. The van der Waals surface area contributed by atoms with E-state index in [4.69, 9.17) is 28.4 Å². The lowest BCUT2D eigenvalue weighted by Crippen LogP contribution is -2.61. The normalized spacial score (nSPS) is 41.3. The Labute approximate surface area is 380 Å². The second-order valence-electron chi connectivity index (χ2n) is 19.3. The fourth-order valence-electron chi connectivity index (χ4n) is 10.3. The number of Topliss-reactive ketones (excluding diaryl/α,β-unsaturated/α-hetero) is 3. The zero-order chi connectivity index (χ0) is 46.9. The fraction of sp³-hybridized carbons (Fsp3) is 0.740. The molecular formula is C50H75NO13. The molecule has 0 aromatic heterocycles. The van der Waals surface area contributed by atoms with Crippen LogP contribution in [0.5, 0.6) is 0 Å². The zero-order valence-electron chi connectivity index (χ0n) is 39.6. The standard InChI is InChI=1S/C50H75NO13/c1-29-15-11-10-12-16-30(2)40(59-7)27-36-20-18-34(6)50(58,64-36)47(55)48(56)51-22-14-13-17-37(51)49(57)63-41(32(4)25-35-19-21-38(52)42(26-35)60-8)28-39(53)31(3)24-33(5)45-46(61-9)44(54)43(23-29)62-45/h10-12,15-16,24,29,31-32,34-38,40-43,45-46,52,58H,13-14,17-23,25-28H2,1-9H3/b12-10+,15-11+,30-16+,33-24+/t29-,31?,32?,34-,35?,36+,37+,38-,40+,41+,42?,43?,45-,46?,50-/m1/s1. The molecule has 4 aliphatic heterocycles. The third kappa shape index (κ3) is 12.5. The lowest BCUT2D eigenvalue weighted by atomic mass is 9.78. The molecule has 0 aromatic rings. The van der Waals surface area contributed by atoms with E-state index < -0.39 is 84.1 Å². The number of methoxy groups -OCH3 is 3. The highest BCUT2D eigenvalue weighted by atomic mass is 16.6. The van der Waals surface area contributed by atoms with Crippen molar-refractivity contribution in [2.45, 2.75) is 179 Å². The van der Waals surface area contributed by atoms with Gasteiger partial charge in [0.05, 0.1) is 24.4 Å². The number of carbonyl (C=O) groups is 5. The Kier molecular flexibility index (Phi) is 18.9. The Balaban J connectivity index is 1.47. The van der Waals surface area contributed by atoms with E-state index in [0.717, 1.165) is 12.0 Å². The molecule has 14 heteroatoms. The van der Waals surface area contributed by atoms with E-state index >= 15 is 0 Å². The number of hydrogen-bond donors (Lipinski definition) is 2. The fourth-order valence-corrected chi connectivity index (χ4v) is 10.3. The van der Waals surface area contributed by atoms with Gasteiger partial charge < -0.3 is 43.5 Å². The molecule has 0 aromatic carbocycles. The van der Waals surface area contributed by atoms with Crippen LogP contribution in [0.15, 0.2) is 47.6 Å². The Morgan fingerprint density at radius 1 is 0.875 bits per heavy atom. The Hall–Kier alpha value is -3.37. The predicted molar refractivity (Wildman–Crippen MR) is 239 cm³/mol. The van der Waals surface area contributed by atoms with Gasteiger partial charge in [-0.2, -0.15) is 0 Å². The quantitative estimate of drug-likeness (QED) is 0.181. The lowest BCUT2D eigenvalue weighted by Gasteiger charge is -2.42. The van der Waals surface area contributed by atoms with Gasteiger partial charge in [-0.05, 0) is 107 Å². The summed E-state index contributed by atoms with van der Waals surface area (Å²) < 4.78 is 35.9. The summed E-state index contributed by atoms with van der Waals surface area (Å²) >= 11 is 0. The number of rotatable bonds is 6. The van der Waals surface area contributed by atoms with Crippen molar-refractivity contribution in [2.24, 2.45) is 29.6 Å². The second-order valence-corrected chi connectivity index (χ2v) is 19.3. The molecular weight excluding hydrogens is 823 g/mol. The number of piperidine rings is 1. The summed E-state index contributed by atoms with van der Waals surface area (Å²) in [6.07, 6.45) is 11.9. The van der Waals surface area contributed by atoms with Crippen LogP contribution < -0.4 is 0 Å². The summed E-state index contributed by atoms with van der Waals surface area (Å²) in [5.74, 6) is -7.13. The van der Waals surface area contributed by atoms with Gasteiger partial charge in [0.2, 0.25) is 5.79 Å². The molecule has 4 bridgehead atoms. The van der Waals surface area contributed by atoms with Crippen molar-refractivity contribution < 1.29 is 62.6 Å². The first-order valence-corrected chi connectivity index (χ1v) is 23.6. The highest BCUT2D eigenvalue weighted by Crippen LogP contribution is 2.38. The molecule has 358 valence electrons. The van der Waals surface area contributed by atoms with Crippen molar-refractivity contribution in [3.05, 3.63) is 47.6 Å². The van der Waals surface area contributed by atoms with Crippen LogP contribution in [0.1, 0.15) is 119 Å². The topological polar surface area (TPSA) is 184 Å². The number of fused-ring (bicyclic) bond motifs is 5. The van der Waals surface area contributed by atoms with Crippen molar-refractivity contribution in [3.63, 3.8) is 0 Å². The largest absolute Gasteiger partial charge is 0.460 e. The molecule has 4 heterocycles. The molecule has 1 aliphatic carbocycles. The molecule has 15 atom stereocenters. The van der Waals surface area contributed by atoms with E-state index in [1.807, 2.05) is 58.1 Å². The molecule has 2 N–H and O–H groups in total. The summed E-state index contributed by atoms with van der Waals surface area (Å²) in [5.41, 5.74) is 1.57. The van der Waals surface area contributed by atoms with Gasteiger partial charge in [0.25, 0.3) is 11.7 Å². The van der Waals surface area contributed by atoms with Crippen LogP contribution >= 0.6 is 0 Å². The first kappa shape index (κ1) is 51.6. The monoisotopic (exact) mass is 898 g/mol. The first-order valence-electron chi connectivity index (χ1n) is 23.6. The smallest absolute Gasteiger partial charge is 0.329 e. The summed E-state index contributed by atoms with van der Waals surface area (Å²) in [5, 5.41) is 22.4. The maximum absolute atomic E-state index is 14.4. The third-order valence-corrected chi connectivity index (χ3v) is 14.5. The van der Waals surface area contributed by atoms with Gasteiger partial charge in [-0.15, -0.1) is 0 Å². The van der Waals surface area contributed by atoms with Crippen LogP contribution in [-0.4, -0.2) is 133 Å². The molecule has 5 rings (SSSR count). The third-order valence-electron chi connectivity index (χ3n) is 14.5. The number of allylic oxidation sites excluding steroid dienone is 6. The Morgan fingerprint density at radius 2 is 1.62 bits per heavy atom. The number of aliphatic hydroxyl groups is 2. The van der Waals surface area contributed by atoms with Crippen LogP contribution in [0.3, 0.4) is 0 Å². The van der Waals surface area contributed by atoms with Crippen molar-refractivity contribution in [1.82, 2.24) is 4.90 Å². The number of ketones is 3. The molecule has 6 unspecified atom stereocenters. The summed E-state index contributed by atoms with van der Waals surface area (Å²) in [7, 11) is 4.64. The maximum atomic E-state index is 14.4. The molecule has 0 spiro atoms. The van der Waals surface area contributed by atoms with Crippen LogP contribution in [0.2, 0.25) is 0 Å². The SMILES string of the molecule is COC1CC(CC(C)[C@@H]2CC(=O)C(C)/C=C(\C)[C@H]3OC(C[C@H](C)/C=C/C=C/C=C(\C)[C@@H](OC)C[C@@H]4CC[C@@H](C)[C@@](O)(O4)C(=O)C(=O)N4CCCC[C@H]4C(=O)O2)C(=O)C3OC)CC[C@H]1O. The number of carbonyl (C=O) groups excluding carboxylic acids is 5. The van der Waals surface area contributed by atoms with Gasteiger partial charge in [0, 0.05) is 52.6 Å². The van der Waals surface area contributed by atoms with E-state index in [-0.39, 0.29) is 54.8 Å². The van der Waals surface area contributed by atoms with Crippen molar-refractivity contribution in [1.29, 1.82) is 0 Å². The van der Waals surface area contributed by atoms with E-state index in [1.54, 1.807) is 34.1 Å². The first-order chi connectivity index (χ1) is 30.4. The molecule has 5 aliphatic rings. The van der Waals surface area contributed by atoms with Crippen molar-refractivity contribution in [2.75, 3.05) is 27.9 Å². The van der Waals surface area contributed by atoms with Gasteiger partial charge in [-0.3, -0.25) is 19.2 Å². The molecule has 14 nitrogen and oxygen atoms in total. The highest BCUT2D eigenvalue weighted by Gasteiger charge is 2.53. The second kappa shape index (κ2) is 23.4. The van der Waals surface area contributed by atoms with E-state index in [1.165, 1.54) is 12.0 Å². The van der Waals surface area contributed by atoms with Gasteiger partial charge in [0.15, 0.2) is 5.78 Å². The minimum atomic E-state index is -2.41. The maximum Gasteiger partial charge on any atom is 0.329 e. The molecule has 1 amide bonds. The van der Waals surface area contributed by atoms with Crippen LogP contribution in [0.25, 0.3) is 0 Å². The molecule has 64 heavy (non-hydrogen) atoms. The van der Waals surface area contributed by atoms with Gasteiger partial charge in [-0.25, -0.2) is 4.79 Å². The van der Waals surface area contributed by atoms with Gasteiger partial charge in [-0.1, -0.05) is 64.2 Å². The number of hydrogen-bond acceptors (Lipinski definition) is 13.